The van der Waals surface area contributed by atoms with Gasteiger partial charge in [0.2, 0.25) is 0 Å². The fourth-order valence-electron chi connectivity index (χ4n) is 1.90. The van der Waals surface area contributed by atoms with Crippen molar-refractivity contribution in [1.82, 2.24) is 0 Å². The molecule has 0 aliphatic heterocycles. The Morgan fingerprint density at radius 1 is 1.05 bits per heavy atom. The van der Waals surface area contributed by atoms with Crippen LogP contribution in [0.15, 0.2) is 42.5 Å². The maximum atomic E-state index is 12.4. The van der Waals surface area contributed by atoms with E-state index in [9.17, 15) is 4.79 Å². The van der Waals surface area contributed by atoms with Gasteiger partial charge in [-0.3, -0.25) is 4.79 Å². The molecule has 5 heteroatoms. The van der Waals surface area contributed by atoms with E-state index in [1.807, 2.05) is 32.0 Å². The molecule has 2 aromatic carbocycles. The first kappa shape index (κ1) is 15.7. The van der Waals surface area contributed by atoms with Gasteiger partial charge in [0, 0.05) is 16.8 Å². The zero-order valence-electron chi connectivity index (χ0n) is 11.8. The molecule has 0 fully saturated rings. The Balaban J connectivity index is 2.24. The smallest absolute Gasteiger partial charge is 0.257 e. The molecule has 0 saturated heterocycles. The third-order valence-corrected chi connectivity index (χ3v) is 3.34. The summed E-state index contributed by atoms with van der Waals surface area (Å²) >= 11 is 11.9. The highest BCUT2D eigenvalue weighted by atomic mass is 35.5. The number of carbonyl (C=O) groups excluding carboxylic acids is 1. The molecule has 3 nitrogen and oxygen atoms in total. The van der Waals surface area contributed by atoms with Gasteiger partial charge in [-0.05, 0) is 44.2 Å². The molecule has 21 heavy (non-hydrogen) atoms. The largest absolute Gasteiger partial charge is 0.382 e. The minimum atomic E-state index is -0.219. The molecular formula is C16H16Cl2N2O. The molecule has 0 radical (unpaired) electrons. The maximum Gasteiger partial charge on any atom is 0.257 e. The second-order valence-corrected chi connectivity index (χ2v) is 5.77. The van der Waals surface area contributed by atoms with Gasteiger partial charge in [0.1, 0.15) is 0 Å². The number of benzene rings is 2. The van der Waals surface area contributed by atoms with Crippen LogP contribution in [0.1, 0.15) is 24.2 Å². The number of nitrogens with one attached hydrogen (secondary N) is 2. The van der Waals surface area contributed by atoms with Crippen LogP contribution in [0, 0.1) is 0 Å². The summed E-state index contributed by atoms with van der Waals surface area (Å²) in [6, 6.07) is 12.5. The van der Waals surface area contributed by atoms with Crippen molar-refractivity contribution in [2.45, 2.75) is 19.9 Å². The number of carbonyl (C=O) groups is 1. The first-order chi connectivity index (χ1) is 9.97. The predicted octanol–water partition coefficient (Wildman–Crippen LogP) is 5.07. The Hall–Kier alpha value is -1.71. The Labute approximate surface area is 134 Å². The standard InChI is InChI=1S/C16H16Cl2N2O/c1-10(2)19-14-6-4-3-5-12(14)16(21)20-15-8-7-11(17)9-13(15)18/h3-10,19H,1-2H3,(H,20,21). The van der Waals surface area contributed by atoms with Gasteiger partial charge in [0.25, 0.3) is 5.91 Å². The quantitative estimate of drug-likeness (QED) is 0.825. The molecule has 0 saturated carbocycles. The summed E-state index contributed by atoms with van der Waals surface area (Å²) in [6.07, 6.45) is 0. The fraction of sp³-hybridized carbons (Fsp3) is 0.188. The molecule has 1 amide bonds. The topological polar surface area (TPSA) is 41.1 Å². The number of anilines is 2. The minimum absolute atomic E-state index is 0.219. The van der Waals surface area contributed by atoms with Crippen LogP contribution in [0.4, 0.5) is 11.4 Å². The first-order valence-corrected chi connectivity index (χ1v) is 7.35. The Morgan fingerprint density at radius 2 is 1.76 bits per heavy atom. The van der Waals surface area contributed by atoms with E-state index in [2.05, 4.69) is 10.6 Å². The predicted molar refractivity (Wildman–Crippen MR) is 89.6 cm³/mol. The van der Waals surface area contributed by atoms with Crippen molar-refractivity contribution in [3.05, 3.63) is 58.1 Å². The highest BCUT2D eigenvalue weighted by Crippen LogP contribution is 2.26. The molecule has 0 aromatic heterocycles. The lowest BCUT2D eigenvalue weighted by Crippen LogP contribution is -2.17. The second kappa shape index (κ2) is 6.83. The summed E-state index contributed by atoms with van der Waals surface area (Å²) in [7, 11) is 0. The molecule has 0 atom stereocenters. The lowest BCUT2D eigenvalue weighted by Gasteiger charge is -2.15. The molecule has 2 aromatic rings. The van der Waals surface area contributed by atoms with Crippen LogP contribution in [-0.4, -0.2) is 11.9 Å². The van der Waals surface area contributed by atoms with Crippen molar-refractivity contribution in [3.63, 3.8) is 0 Å². The average molecular weight is 323 g/mol. The average Bonchev–Trinajstić information content (AvgIpc) is 2.42. The minimum Gasteiger partial charge on any atom is -0.382 e. The van der Waals surface area contributed by atoms with Crippen molar-refractivity contribution >= 4 is 40.5 Å². The molecule has 110 valence electrons. The second-order valence-electron chi connectivity index (χ2n) is 4.92. The molecule has 0 unspecified atom stereocenters. The third-order valence-electron chi connectivity index (χ3n) is 2.80. The van der Waals surface area contributed by atoms with Crippen LogP contribution in [0.5, 0.6) is 0 Å². The Morgan fingerprint density at radius 3 is 2.43 bits per heavy atom. The number of para-hydroxylation sites is 1. The van der Waals surface area contributed by atoms with E-state index in [0.717, 1.165) is 5.69 Å². The first-order valence-electron chi connectivity index (χ1n) is 6.59. The van der Waals surface area contributed by atoms with Crippen molar-refractivity contribution < 1.29 is 4.79 Å². The summed E-state index contributed by atoms with van der Waals surface area (Å²) in [5, 5.41) is 6.98. The molecule has 2 N–H and O–H groups in total. The van der Waals surface area contributed by atoms with Gasteiger partial charge in [0.15, 0.2) is 0 Å². The van der Waals surface area contributed by atoms with Gasteiger partial charge < -0.3 is 10.6 Å². The maximum absolute atomic E-state index is 12.4. The van der Waals surface area contributed by atoms with Gasteiger partial charge in [0.05, 0.1) is 16.3 Å². The SMILES string of the molecule is CC(C)Nc1ccccc1C(=O)Nc1ccc(Cl)cc1Cl. The van der Waals surface area contributed by atoms with E-state index in [1.54, 1.807) is 24.3 Å². The van der Waals surface area contributed by atoms with Crippen LogP contribution in [-0.2, 0) is 0 Å². The van der Waals surface area contributed by atoms with Crippen LogP contribution in [0.3, 0.4) is 0 Å². The molecule has 0 aliphatic rings. The van der Waals surface area contributed by atoms with Crippen LogP contribution >= 0.6 is 23.2 Å². The summed E-state index contributed by atoms with van der Waals surface area (Å²) < 4.78 is 0. The third kappa shape index (κ3) is 4.13. The lowest BCUT2D eigenvalue weighted by molar-refractivity contribution is 0.102. The van der Waals surface area contributed by atoms with Crippen LogP contribution < -0.4 is 10.6 Å². The molecule has 0 heterocycles. The van der Waals surface area contributed by atoms with E-state index in [0.29, 0.717) is 21.3 Å². The van der Waals surface area contributed by atoms with Gasteiger partial charge in [-0.15, -0.1) is 0 Å². The van der Waals surface area contributed by atoms with E-state index < -0.39 is 0 Å². The summed E-state index contributed by atoms with van der Waals surface area (Å²) in [5.74, 6) is -0.219. The molecule has 0 bridgehead atoms. The van der Waals surface area contributed by atoms with Gasteiger partial charge >= 0.3 is 0 Å². The van der Waals surface area contributed by atoms with E-state index >= 15 is 0 Å². The van der Waals surface area contributed by atoms with Crippen molar-refractivity contribution in [2.24, 2.45) is 0 Å². The molecule has 0 aliphatic carbocycles. The number of hydrogen-bond acceptors (Lipinski definition) is 2. The summed E-state index contributed by atoms with van der Waals surface area (Å²) in [6.45, 7) is 4.04. The normalized spacial score (nSPS) is 10.5. The summed E-state index contributed by atoms with van der Waals surface area (Å²) in [5.41, 5.74) is 1.89. The summed E-state index contributed by atoms with van der Waals surface area (Å²) in [4.78, 5) is 12.4. The molecule has 0 spiro atoms. The fourth-order valence-corrected chi connectivity index (χ4v) is 2.35. The van der Waals surface area contributed by atoms with Gasteiger partial charge in [-0.1, -0.05) is 35.3 Å². The van der Waals surface area contributed by atoms with Crippen molar-refractivity contribution in [3.8, 4) is 0 Å². The number of rotatable bonds is 4. The zero-order valence-corrected chi connectivity index (χ0v) is 13.3. The monoisotopic (exact) mass is 322 g/mol. The molecular weight excluding hydrogens is 307 g/mol. The lowest BCUT2D eigenvalue weighted by atomic mass is 10.1. The zero-order chi connectivity index (χ0) is 15.4. The van der Waals surface area contributed by atoms with Crippen LogP contribution in [0.25, 0.3) is 0 Å². The van der Waals surface area contributed by atoms with E-state index in [1.165, 1.54) is 0 Å². The van der Waals surface area contributed by atoms with Crippen molar-refractivity contribution in [2.75, 3.05) is 10.6 Å². The number of hydrogen-bond donors (Lipinski definition) is 2. The van der Waals surface area contributed by atoms with Crippen molar-refractivity contribution in [1.29, 1.82) is 0 Å². The number of amides is 1. The number of halogens is 2. The Kier molecular flexibility index (Phi) is 5.10. The Bertz CT molecular complexity index is 656. The van der Waals surface area contributed by atoms with Gasteiger partial charge in [-0.2, -0.15) is 0 Å². The highest BCUT2D eigenvalue weighted by molar-refractivity contribution is 6.36. The highest BCUT2D eigenvalue weighted by Gasteiger charge is 2.13. The van der Waals surface area contributed by atoms with E-state index in [4.69, 9.17) is 23.2 Å². The van der Waals surface area contributed by atoms with Gasteiger partial charge in [-0.25, -0.2) is 0 Å². The molecule has 2 rings (SSSR count). The van der Waals surface area contributed by atoms with Crippen LogP contribution in [0.2, 0.25) is 10.0 Å². The van der Waals surface area contributed by atoms with E-state index in [-0.39, 0.29) is 11.9 Å².